The van der Waals surface area contributed by atoms with E-state index in [1.807, 2.05) is 19.1 Å². The van der Waals surface area contributed by atoms with Crippen LogP contribution in [0.4, 0.5) is 4.39 Å². The molecule has 3 atom stereocenters. The Morgan fingerprint density at radius 1 is 1.39 bits per heavy atom. The lowest BCUT2D eigenvalue weighted by Crippen LogP contribution is -2.33. The summed E-state index contributed by atoms with van der Waals surface area (Å²) in [6.45, 7) is 8.41. The zero-order chi connectivity index (χ0) is 12.7. The summed E-state index contributed by atoms with van der Waals surface area (Å²) in [5, 5.41) is 3.46. The maximum atomic E-state index is 13.8. The molecular weight excluding hydrogens is 227 g/mol. The van der Waals surface area contributed by atoms with Crippen LogP contribution in [0.2, 0.25) is 0 Å². The molecule has 2 nitrogen and oxygen atoms in total. The Bertz CT molecular complexity index is 446. The average molecular weight is 248 g/mol. The maximum Gasteiger partial charge on any atom is 0.127 e. The Labute approximate surface area is 108 Å². The molecule has 0 bridgehead atoms. The number of rotatable bonds is 2. The minimum absolute atomic E-state index is 0.0667. The fourth-order valence-electron chi connectivity index (χ4n) is 3.51. The highest BCUT2D eigenvalue weighted by Crippen LogP contribution is 2.33. The van der Waals surface area contributed by atoms with Crippen LogP contribution in [-0.4, -0.2) is 30.6 Å². The van der Waals surface area contributed by atoms with Gasteiger partial charge in [-0.3, -0.25) is 4.90 Å². The summed E-state index contributed by atoms with van der Waals surface area (Å²) in [4.78, 5) is 2.44. The number of hydrogen-bond donors (Lipinski definition) is 1. The van der Waals surface area contributed by atoms with E-state index >= 15 is 0 Å². The van der Waals surface area contributed by atoms with Crippen LogP contribution in [0.15, 0.2) is 18.2 Å². The third-order valence-corrected chi connectivity index (χ3v) is 4.63. The zero-order valence-electron chi connectivity index (χ0n) is 11.1. The molecule has 2 aliphatic heterocycles. The molecule has 2 fully saturated rings. The van der Waals surface area contributed by atoms with Crippen LogP contribution < -0.4 is 5.32 Å². The number of aryl methyl sites for hydroxylation is 1. The third-order valence-electron chi connectivity index (χ3n) is 4.63. The number of benzene rings is 1. The molecule has 1 aromatic rings. The van der Waals surface area contributed by atoms with Gasteiger partial charge in [0, 0.05) is 24.7 Å². The van der Waals surface area contributed by atoms with Gasteiger partial charge in [0.05, 0.1) is 0 Å². The van der Waals surface area contributed by atoms with Gasteiger partial charge in [-0.2, -0.15) is 0 Å². The number of fused-ring (bicyclic) bond motifs is 1. The van der Waals surface area contributed by atoms with Crippen molar-refractivity contribution in [3.8, 4) is 0 Å². The first-order valence-electron chi connectivity index (χ1n) is 6.85. The van der Waals surface area contributed by atoms with E-state index in [-0.39, 0.29) is 5.82 Å². The first kappa shape index (κ1) is 12.1. The summed E-state index contributed by atoms with van der Waals surface area (Å²) >= 11 is 0. The first-order valence-corrected chi connectivity index (χ1v) is 6.85. The van der Waals surface area contributed by atoms with Crippen molar-refractivity contribution in [1.82, 2.24) is 10.2 Å². The molecule has 1 aromatic carbocycles. The van der Waals surface area contributed by atoms with Gasteiger partial charge in [0.15, 0.2) is 0 Å². The Hall–Kier alpha value is -0.930. The fourth-order valence-corrected chi connectivity index (χ4v) is 3.51. The summed E-state index contributed by atoms with van der Waals surface area (Å²) < 4.78 is 13.8. The molecule has 3 rings (SSSR count). The van der Waals surface area contributed by atoms with Crippen molar-refractivity contribution in [2.45, 2.75) is 26.4 Å². The molecule has 2 saturated heterocycles. The average Bonchev–Trinajstić information content (AvgIpc) is 2.89. The molecule has 0 aliphatic carbocycles. The van der Waals surface area contributed by atoms with Crippen molar-refractivity contribution >= 4 is 0 Å². The Morgan fingerprint density at radius 2 is 2.22 bits per heavy atom. The molecule has 3 heteroatoms. The first-order chi connectivity index (χ1) is 8.65. The third kappa shape index (κ3) is 2.06. The van der Waals surface area contributed by atoms with Crippen LogP contribution in [-0.2, 0) is 6.54 Å². The van der Waals surface area contributed by atoms with E-state index in [1.54, 1.807) is 6.07 Å². The largest absolute Gasteiger partial charge is 0.316 e. The van der Waals surface area contributed by atoms with Gasteiger partial charge in [-0.1, -0.05) is 17.7 Å². The van der Waals surface area contributed by atoms with E-state index in [0.717, 1.165) is 49.1 Å². The van der Waals surface area contributed by atoms with Gasteiger partial charge >= 0.3 is 0 Å². The van der Waals surface area contributed by atoms with Crippen LogP contribution in [0.1, 0.15) is 18.1 Å². The highest BCUT2D eigenvalue weighted by Gasteiger charge is 2.41. The molecule has 0 saturated carbocycles. The van der Waals surface area contributed by atoms with Crippen molar-refractivity contribution in [1.29, 1.82) is 0 Å². The topological polar surface area (TPSA) is 15.3 Å². The quantitative estimate of drug-likeness (QED) is 0.863. The number of nitrogens with zero attached hydrogens (tertiary/aromatic N) is 1. The number of likely N-dealkylation sites (tertiary alicyclic amines) is 1. The van der Waals surface area contributed by atoms with Crippen molar-refractivity contribution in [2.24, 2.45) is 11.8 Å². The van der Waals surface area contributed by atoms with E-state index in [4.69, 9.17) is 0 Å². The number of halogens is 1. The molecule has 2 heterocycles. The smallest absolute Gasteiger partial charge is 0.127 e. The van der Waals surface area contributed by atoms with E-state index in [1.165, 1.54) is 0 Å². The second kappa shape index (κ2) is 4.63. The van der Waals surface area contributed by atoms with Crippen LogP contribution >= 0.6 is 0 Å². The molecule has 0 amide bonds. The van der Waals surface area contributed by atoms with Gasteiger partial charge in [0.25, 0.3) is 0 Å². The predicted molar refractivity (Wildman–Crippen MR) is 70.9 cm³/mol. The normalized spacial score (nSPS) is 31.8. The van der Waals surface area contributed by atoms with Crippen molar-refractivity contribution in [3.63, 3.8) is 0 Å². The monoisotopic (exact) mass is 248 g/mol. The molecule has 98 valence electrons. The predicted octanol–water partition coefficient (Wildman–Crippen LogP) is 2.17. The van der Waals surface area contributed by atoms with Crippen LogP contribution in [0.25, 0.3) is 0 Å². The van der Waals surface area contributed by atoms with Gasteiger partial charge < -0.3 is 5.32 Å². The zero-order valence-corrected chi connectivity index (χ0v) is 11.1. The van der Waals surface area contributed by atoms with Gasteiger partial charge in [0.2, 0.25) is 0 Å². The van der Waals surface area contributed by atoms with E-state index in [0.29, 0.717) is 6.04 Å². The SMILES string of the molecule is Cc1ccc(F)c(CN2CC3CNCC3C2C)c1. The lowest BCUT2D eigenvalue weighted by atomic mass is 9.95. The van der Waals surface area contributed by atoms with Crippen molar-refractivity contribution in [2.75, 3.05) is 19.6 Å². The Balaban J connectivity index is 1.75. The van der Waals surface area contributed by atoms with E-state index < -0.39 is 0 Å². The van der Waals surface area contributed by atoms with Gasteiger partial charge in [0.1, 0.15) is 5.82 Å². The minimum atomic E-state index is -0.0667. The lowest BCUT2D eigenvalue weighted by Gasteiger charge is -2.24. The minimum Gasteiger partial charge on any atom is -0.316 e. The van der Waals surface area contributed by atoms with Crippen LogP contribution in [0, 0.1) is 24.6 Å². The van der Waals surface area contributed by atoms with Gasteiger partial charge in [-0.15, -0.1) is 0 Å². The molecule has 18 heavy (non-hydrogen) atoms. The second-order valence-corrected chi connectivity index (χ2v) is 5.85. The molecule has 3 unspecified atom stereocenters. The van der Waals surface area contributed by atoms with E-state index in [9.17, 15) is 4.39 Å². The van der Waals surface area contributed by atoms with Crippen molar-refractivity contribution in [3.05, 3.63) is 35.1 Å². The second-order valence-electron chi connectivity index (χ2n) is 5.85. The molecular formula is C15H21FN2. The summed E-state index contributed by atoms with van der Waals surface area (Å²) in [7, 11) is 0. The van der Waals surface area contributed by atoms with E-state index in [2.05, 4.69) is 17.1 Å². The number of hydrogen-bond acceptors (Lipinski definition) is 2. The Morgan fingerprint density at radius 3 is 3.00 bits per heavy atom. The highest BCUT2D eigenvalue weighted by atomic mass is 19.1. The lowest BCUT2D eigenvalue weighted by molar-refractivity contribution is 0.228. The van der Waals surface area contributed by atoms with Crippen LogP contribution in [0.5, 0.6) is 0 Å². The summed E-state index contributed by atoms with van der Waals surface area (Å²) in [6.07, 6.45) is 0. The maximum absolute atomic E-state index is 13.8. The molecule has 0 radical (unpaired) electrons. The molecule has 0 aromatic heterocycles. The molecule has 2 aliphatic rings. The molecule has 0 spiro atoms. The standard InChI is InChI=1S/C15H21FN2/c1-10-3-4-15(16)12(5-10)8-18-9-13-6-17-7-14(13)11(18)2/h3-5,11,13-14,17H,6-9H2,1-2H3. The van der Waals surface area contributed by atoms with Gasteiger partial charge in [-0.05, 0) is 44.8 Å². The Kier molecular flexibility index (Phi) is 3.12. The summed E-state index contributed by atoms with van der Waals surface area (Å²) in [5.74, 6) is 1.44. The van der Waals surface area contributed by atoms with Crippen LogP contribution in [0.3, 0.4) is 0 Å². The summed E-state index contributed by atoms with van der Waals surface area (Å²) in [6, 6.07) is 5.97. The number of nitrogens with one attached hydrogen (secondary N) is 1. The fraction of sp³-hybridized carbons (Fsp3) is 0.600. The molecule has 1 N–H and O–H groups in total. The van der Waals surface area contributed by atoms with Gasteiger partial charge in [-0.25, -0.2) is 4.39 Å². The van der Waals surface area contributed by atoms with Crippen molar-refractivity contribution < 1.29 is 4.39 Å². The highest BCUT2D eigenvalue weighted by molar-refractivity contribution is 5.24. The summed E-state index contributed by atoms with van der Waals surface area (Å²) in [5.41, 5.74) is 1.98.